The van der Waals surface area contributed by atoms with Crippen molar-refractivity contribution in [1.29, 1.82) is 0 Å². The van der Waals surface area contributed by atoms with E-state index in [1.54, 1.807) is 11.8 Å². The van der Waals surface area contributed by atoms with Gasteiger partial charge in [-0.2, -0.15) is 5.10 Å². The summed E-state index contributed by atoms with van der Waals surface area (Å²) in [6, 6.07) is 19.0. The standard InChI is InChI=1S/C26H26BrClN4S/c1-33-21-8-6-19(7-9-21)17-31-12-10-18(11-13-31)14-20-15-25(22-4-2-3-5-24(22)28)30-26-23(27)16-29-32(20)26/h2-9,15-16,18H,10-14,17H2,1H3. The first-order valence-electron chi connectivity index (χ1n) is 11.2. The molecule has 5 rings (SSSR count). The van der Waals surface area contributed by atoms with Gasteiger partial charge >= 0.3 is 0 Å². The fourth-order valence-corrected chi connectivity index (χ4v) is 5.57. The van der Waals surface area contributed by atoms with Crippen molar-refractivity contribution in [2.45, 2.75) is 30.7 Å². The maximum absolute atomic E-state index is 6.49. The molecule has 0 radical (unpaired) electrons. The summed E-state index contributed by atoms with van der Waals surface area (Å²) in [6.07, 6.45) is 7.32. The molecule has 4 nitrogen and oxygen atoms in total. The summed E-state index contributed by atoms with van der Waals surface area (Å²) in [5.74, 6) is 0.632. The molecule has 0 unspecified atom stereocenters. The van der Waals surface area contributed by atoms with Crippen LogP contribution in [0.5, 0.6) is 0 Å². The van der Waals surface area contributed by atoms with Crippen molar-refractivity contribution in [2.24, 2.45) is 5.92 Å². The van der Waals surface area contributed by atoms with Crippen molar-refractivity contribution in [1.82, 2.24) is 19.5 Å². The van der Waals surface area contributed by atoms with Gasteiger partial charge in [0.05, 0.1) is 16.4 Å². The van der Waals surface area contributed by atoms with Crippen molar-refractivity contribution in [3.63, 3.8) is 0 Å². The fraction of sp³-hybridized carbons (Fsp3) is 0.308. The zero-order valence-electron chi connectivity index (χ0n) is 18.5. The molecule has 0 atom stereocenters. The lowest BCUT2D eigenvalue weighted by atomic mass is 9.91. The van der Waals surface area contributed by atoms with Crippen LogP contribution in [0.15, 0.2) is 70.2 Å². The van der Waals surface area contributed by atoms with Gasteiger partial charge in [-0.25, -0.2) is 9.50 Å². The molecule has 7 heteroatoms. The summed E-state index contributed by atoms with van der Waals surface area (Å²) in [5.41, 5.74) is 5.28. The van der Waals surface area contributed by atoms with Crippen molar-refractivity contribution in [3.05, 3.63) is 81.5 Å². The quantitative estimate of drug-likeness (QED) is 0.246. The summed E-state index contributed by atoms with van der Waals surface area (Å²) < 4.78 is 2.88. The van der Waals surface area contributed by atoms with E-state index in [0.717, 1.165) is 52.5 Å². The highest BCUT2D eigenvalue weighted by atomic mass is 79.9. The minimum atomic E-state index is 0.632. The van der Waals surface area contributed by atoms with Crippen LogP contribution in [0.4, 0.5) is 0 Å². The highest BCUT2D eigenvalue weighted by Gasteiger charge is 2.22. The zero-order valence-corrected chi connectivity index (χ0v) is 21.7. The molecular formula is C26H26BrClN4S. The molecule has 0 N–H and O–H groups in total. The molecule has 2 aromatic heterocycles. The maximum Gasteiger partial charge on any atom is 0.170 e. The Labute approximate surface area is 212 Å². The molecule has 0 saturated carbocycles. The third-order valence-electron chi connectivity index (χ3n) is 6.42. The Morgan fingerprint density at radius 3 is 2.58 bits per heavy atom. The lowest BCUT2D eigenvalue weighted by molar-refractivity contribution is 0.176. The number of hydrogen-bond acceptors (Lipinski definition) is 4. The second-order valence-corrected chi connectivity index (χ2v) is 10.8. The van der Waals surface area contributed by atoms with Crippen molar-refractivity contribution in [2.75, 3.05) is 19.3 Å². The summed E-state index contributed by atoms with van der Waals surface area (Å²) in [7, 11) is 0. The van der Waals surface area contributed by atoms with E-state index < -0.39 is 0 Å². The molecule has 2 aromatic carbocycles. The van der Waals surface area contributed by atoms with Crippen molar-refractivity contribution in [3.8, 4) is 11.3 Å². The molecule has 170 valence electrons. The van der Waals surface area contributed by atoms with Crippen LogP contribution in [0.2, 0.25) is 5.02 Å². The van der Waals surface area contributed by atoms with Crippen molar-refractivity contribution >= 4 is 44.9 Å². The predicted molar refractivity (Wildman–Crippen MR) is 141 cm³/mol. The normalized spacial score (nSPS) is 15.4. The number of benzene rings is 2. The Balaban J connectivity index is 1.31. The third kappa shape index (κ3) is 5.14. The minimum Gasteiger partial charge on any atom is -0.299 e. The lowest BCUT2D eigenvalue weighted by Crippen LogP contribution is -2.34. The van der Waals surface area contributed by atoms with Crippen LogP contribution in [0.25, 0.3) is 16.9 Å². The number of aromatic nitrogens is 3. The Hall–Kier alpha value is -1.86. The Morgan fingerprint density at radius 2 is 1.85 bits per heavy atom. The molecule has 0 spiro atoms. The minimum absolute atomic E-state index is 0.632. The van der Waals surface area contributed by atoms with Gasteiger partial charge in [0.15, 0.2) is 5.65 Å². The summed E-state index contributed by atoms with van der Waals surface area (Å²) in [6.45, 7) is 3.29. The highest BCUT2D eigenvalue weighted by molar-refractivity contribution is 9.10. The fourth-order valence-electron chi connectivity index (χ4n) is 4.58. The van der Waals surface area contributed by atoms with Crippen LogP contribution in [-0.2, 0) is 13.0 Å². The monoisotopic (exact) mass is 540 g/mol. The number of piperidine rings is 1. The number of likely N-dealkylation sites (tertiary alicyclic amines) is 1. The van der Waals surface area contributed by atoms with Gasteiger partial charge in [-0.1, -0.05) is 41.9 Å². The van der Waals surface area contributed by atoms with Crippen LogP contribution in [0.1, 0.15) is 24.1 Å². The van der Waals surface area contributed by atoms with Crippen LogP contribution in [-0.4, -0.2) is 38.8 Å². The van der Waals surface area contributed by atoms with Gasteiger partial charge in [-0.15, -0.1) is 11.8 Å². The molecule has 3 heterocycles. The van der Waals surface area contributed by atoms with Gasteiger partial charge in [0.2, 0.25) is 0 Å². The second kappa shape index (κ2) is 10.2. The van der Waals surface area contributed by atoms with Gasteiger partial charge < -0.3 is 0 Å². The third-order valence-corrected chi connectivity index (χ3v) is 8.06. The first kappa shape index (κ1) is 22.9. The Bertz CT molecular complexity index is 1250. The Morgan fingerprint density at radius 1 is 1.09 bits per heavy atom. The van der Waals surface area contributed by atoms with Gasteiger partial charge in [0.1, 0.15) is 0 Å². The van der Waals surface area contributed by atoms with Crippen LogP contribution >= 0.6 is 39.3 Å². The van der Waals surface area contributed by atoms with E-state index in [9.17, 15) is 0 Å². The van der Waals surface area contributed by atoms with Crippen LogP contribution in [0, 0.1) is 5.92 Å². The van der Waals surface area contributed by atoms with Crippen LogP contribution < -0.4 is 0 Å². The van der Waals surface area contributed by atoms with Gasteiger partial charge in [0, 0.05) is 27.7 Å². The average molecular weight is 542 g/mol. The summed E-state index contributed by atoms with van der Waals surface area (Å²) in [4.78, 5) is 8.75. The van der Waals surface area contributed by atoms with Crippen molar-refractivity contribution < 1.29 is 0 Å². The maximum atomic E-state index is 6.49. The lowest BCUT2D eigenvalue weighted by Gasteiger charge is -2.32. The molecule has 1 fully saturated rings. The highest BCUT2D eigenvalue weighted by Crippen LogP contribution is 2.31. The van der Waals surface area contributed by atoms with E-state index in [0.29, 0.717) is 5.92 Å². The first-order chi connectivity index (χ1) is 16.1. The Kier molecular flexibility index (Phi) is 7.07. The topological polar surface area (TPSA) is 33.4 Å². The van der Waals surface area contributed by atoms with E-state index in [4.69, 9.17) is 16.6 Å². The SMILES string of the molecule is CSc1ccc(CN2CCC(Cc3cc(-c4ccccc4Cl)nc4c(Br)cnn34)CC2)cc1. The van der Waals surface area contributed by atoms with E-state index >= 15 is 0 Å². The number of thioether (sulfide) groups is 1. The smallest absolute Gasteiger partial charge is 0.170 e. The zero-order chi connectivity index (χ0) is 22.8. The van der Waals surface area contributed by atoms with Crippen LogP contribution in [0.3, 0.4) is 0 Å². The average Bonchev–Trinajstić information content (AvgIpc) is 3.22. The number of rotatable bonds is 6. The number of fused-ring (bicyclic) bond motifs is 1. The van der Waals surface area contributed by atoms with Gasteiger partial charge in [0.25, 0.3) is 0 Å². The second-order valence-electron chi connectivity index (χ2n) is 8.61. The molecule has 0 bridgehead atoms. The largest absolute Gasteiger partial charge is 0.299 e. The molecule has 1 aliphatic heterocycles. The summed E-state index contributed by atoms with van der Waals surface area (Å²) in [5, 5.41) is 5.31. The van der Waals surface area contributed by atoms with E-state index in [1.807, 2.05) is 35.0 Å². The summed E-state index contributed by atoms with van der Waals surface area (Å²) >= 11 is 11.9. The van der Waals surface area contributed by atoms with E-state index in [1.165, 1.54) is 29.0 Å². The predicted octanol–water partition coefficient (Wildman–Crippen LogP) is 6.99. The first-order valence-corrected chi connectivity index (χ1v) is 13.6. The molecule has 1 aliphatic rings. The molecule has 4 aromatic rings. The number of halogens is 2. The van der Waals surface area contributed by atoms with Gasteiger partial charge in [-0.05, 0) is 90.3 Å². The molecule has 33 heavy (non-hydrogen) atoms. The molecule has 0 aliphatic carbocycles. The van der Waals surface area contributed by atoms with E-state index in [-0.39, 0.29) is 0 Å². The molecule has 0 amide bonds. The number of nitrogens with zero attached hydrogens (tertiary/aromatic N) is 4. The number of hydrogen-bond donors (Lipinski definition) is 0. The molecule has 1 saturated heterocycles. The van der Waals surface area contributed by atoms with Gasteiger partial charge in [-0.3, -0.25) is 4.90 Å². The molecular weight excluding hydrogens is 516 g/mol. The van der Waals surface area contributed by atoms with E-state index in [2.05, 4.69) is 62.5 Å².